The Morgan fingerprint density at radius 3 is 2.89 bits per heavy atom. The fourth-order valence-electron chi connectivity index (χ4n) is 1.56. The Hall–Kier alpha value is -1.10. The van der Waals surface area contributed by atoms with Gasteiger partial charge in [-0.3, -0.25) is 4.79 Å². The summed E-state index contributed by atoms with van der Waals surface area (Å²) in [6.45, 7) is 2.59. The summed E-state index contributed by atoms with van der Waals surface area (Å²) >= 11 is 3.38. The number of carbonyl (C=O) groups excluding carboxylic acids is 1. The lowest BCUT2D eigenvalue weighted by atomic mass is 10.1. The van der Waals surface area contributed by atoms with Gasteiger partial charge < -0.3 is 10.4 Å². The molecule has 0 saturated carbocycles. The number of nitrogens with one attached hydrogen (secondary N) is 1. The molecule has 2 N–H and O–H groups in total. The molecule has 0 aliphatic rings. The summed E-state index contributed by atoms with van der Waals surface area (Å²) in [4.78, 5) is 11.7. The van der Waals surface area contributed by atoms with E-state index in [0.717, 1.165) is 24.2 Å². The smallest absolute Gasteiger partial charge is 0.258 e. The molecule has 1 rings (SSSR count). The fourth-order valence-corrected chi connectivity index (χ4v) is 1.88. The zero-order chi connectivity index (χ0) is 13.5. The van der Waals surface area contributed by atoms with Crippen LogP contribution in [0, 0.1) is 11.7 Å². The van der Waals surface area contributed by atoms with Gasteiger partial charge in [0.15, 0.2) is 0 Å². The van der Waals surface area contributed by atoms with E-state index in [2.05, 4.69) is 28.2 Å². The van der Waals surface area contributed by atoms with Crippen LogP contribution in [0.15, 0.2) is 18.2 Å². The lowest BCUT2D eigenvalue weighted by Crippen LogP contribution is -2.25. The van der Waals surface area contributed by atoms with Crippen molar-refractivity contribution in [1.29, 1.82) is 0 Å². The number of hydrogen-bond donors (Lipinski definition) is 2. The second-order valence-corrected chi connectivity index (χ2v) is 4.94. The molecule has 1 amide bonds. The Bertz CT molecular complexity index is 392. The lowest BCUT2D eigenvalue weighted by molar-refractivity contribution is 0.0945. The molecule has 1 unspecified atom stereocenters. The summed E-state index contributed by atoms with van der Waals surface area (Å²) in [6.07, 6.45) is 1.81. The average Bonchev–Trinajstić information content (AvgIpc) is 2.34. The van der Waals surface area contributed by atoms with Gasteiger partial charge in [-0.2, -0.15) is 0 Å². The molecule has 0 heterocycles. The van der Waals surface area contributed by atoms with E-state index in [4.69, 9.17) is 0 Å². The molecule has 0 fully saturated rings. The Kier molecular flexibility index (Phi) is 6.12. The van der Waals surface area contributed by atoms with Crippen molar-refractivity contribution < 1.29 is 14.3 Å². The van der Waals surface area contributed by atoms with Crippen molar-refractivity contribution in [1.82, 2.24) is 5.32 Å². The summed E-state index contributed by atoms with van der Waals surface area (Å²) in [6, 6.07) is 3.81. The number of benzene rings is 1. The predicted octanol–water partition coefficient (Wildman–Crippen LogP) is 3.07. The SMILES string of the molecule is CC(CBr)CCCNC(=O)c1c(O)cccc1F. The van der Waals surface area contributed by atoms with Crippen molar-refractivity contribution in [2.75, 3.05) is 11.9 Å². The van der Waals surface area contributed by atoms with Gasteiger partial charge >= 0.3 is 0 Å². The van der Waals surface area contributed by atoms with E-state index in [1.165, 1.54) is 12.1 Å². The first-order chi connectivity index (χ1) is 8.56. The van der Waals surface area contributed by atoms with Crippen LogP contribution in [0.25, 0.3) is 0 Å². The van der Waals surface area contributed by atoms with E-state index >= 15 is 0 Å². The van der Waals surface area contributed by atoms with Crippen molar-refractivity contribution in [2.24, 2.45) is 5.92 Å². The van der Waals surface area contributed by atoms with Gasteiger partial charge in [-0.25, -0.2) is 4.39 Å². The third-order valence-corrected chi connectivity index (χ3v) is 3.75. The molecule has 3 nitrogen and oxygen atoms in total. The van der Waals surface area contributed by atoms with E-state index in [9.17, 15) is 14.3 Å². The molecule has 100 valence electrons. The number of phenolic OH excluding ortho intramolecular Hbond substituents is 1. The van der Waals surface area contributed by atoms with Crippen molar-refractivity contribution in [2.45, 2.75) is 19.8 Å². The van der Waals surface area contributed by atoms with Crippen molar-refractivity contribution in [3.05, 3.63) is 29.6 Å². The molecule has 0 aromatic heterocycles. The van der Waals surface area contributed by atoms with E-state index in [0.29, 0.717) is 12.5 Å². The predicted molar refractivity (Wildman–Crippen MR) is 72.6 cm³/mol. The van der Waals surface area contributed by atoms with Gasteiger partial charge in [0.2, 0.25) is 0 Å². The molecule has 0 spiro atoms. The molecule has 5 heteroatoms. The number of amides is 1. The summed E-state index contributed by atoms with van der Waals surface area (Å²) in [7, 11) is 0. The molecule has 0 bridgehead atoms. The van der Waals surface area contributed by atoms with Crippen LogP contribution in [0.4, 0.5) is 4.39 Å². The molecule has 0 saturated heterocycles. The standard InChI is InChI=1S/C13H17BrFNO2/c1-9(8-14)4-3-7-16-13(18)12-10(15)5-2-6-11(12)17/h2,5-6,9,17H,3-4,7-8H2,1H3,(H,16,18). The van der Waals surface area contributed by atoms with Crippen LogP contribution in [0.3, 0.4) is 0 Å². The van der Waals surface area contributed by atoms with E-state index in [1.54, 1.807) is 0 Å². The van der Waals surface area contributed by atoms with Crippen molar-refractivity contribution in [3.8, 4) is 5.75 Å². The Balaban J connectivity index is 2.46. The monoisotopic (exact) mass is 317 g/mol. The highest BCUT2D eigenvalue weighted by Gasteiger charge is 2.15. The minimum Gasteiger partial charge on any atom is -0.507 e. The first-order valence-corrected chi connectivity index (χ1v) is 7.00. The first-order valence-electron chi connectivity index (χ1n) is 5.88. The second kappa shape index (κ2) is 7.36. The van der Waals surface area contributed by atoms with Gasteiger partial charge in [-0.15, -0.1) is 0 Å². The zero-order valence-corrected chi connectivity index (χ0v) is 11.8. The Morgan fingerprint density at radius 2 is 2.28 bits per heavy atom. The summed E-state index contributed by atoms with van der Waals surface area (Å²) in [5, 5.41) is 13.0. The minimum absolute atomic E-state index is 0.286. The Morgan fingerprint density at radius 1 is 1.56 bits per heavy atom. The van der Waals surface area contributed by atoms with Crippen molar-refractivity contribution >= 4 is 21.8 Å². The molecule has 0 radical (unpaired) electrons. The molecular formula is C13H17BrFNO2. The third-order valence-electron chi connectivity index (χ3n) is 2.64. The van der Waals surface area contributed by atoms with Gasteiger partial charge in [-0.05, 0) is 30.9 Å². The lowest BCUT2D eigenvalue weighted by Gasteiger charge is -2.09. The quantitative estimate of drug-likeness (QED) is 0.625. The molecular weight excluding hydrogens is 301 g/mol. The molecule has 1 aromatic carbocycles. The number of hydrogen-bond acceptors (Lipinski definition) is 2. The van der Waals surface area contributed by atoms with Gasteiger partial charge in [0, 0.05) is 11.9 Å². The largest absolute Gasteiger partial charge is 0.507 e. The second-order valence-electron chi connectivity index (χ2n) is 4.29. The van der Waals surface area contributed by atoms with Crippen LogP contribution in [-0.4, -0.2) is 22.9 Å². The van der Waals surface area contributed by atoms with E-state index in [1.807, 2.05) is 0 Å². The number of alkyl halides is 1. The maximum absolute atomic E-state index is 13.4. The highest BCUT2D eigenvalue weighted by atomic mass is 79.9. The highest BCUT2D eigenvalue weighted by molar-refractivity contribution is 9.09. The van der Waals surface area contributed by atoms with Crippen LogP contribution in [0.2, 0.25) is 0 Å². The van der Waals surface area contributed by atoms with Gasteiger partial charge in [0.25, 0.3) is 5.91 Å². The minimum atomic E-state index is -0.707. The van der Waals surface area contributed by atoms with Crippen LogP contribution < -0.4 is 5.32 Å². The number of rotatable bonds is 6. The maximum atomic E-state index is 13.4. The number of phenols is 1. The molecule has 0 aliphatic heterocycles. The number of halogens is 2. The van der Waals surface area contributed by atoms with Gasteiger partial charge in [0.05, 0.1) is 0 Å². The topological polar surface area (TPSA) is 49.3 Å². The maximum Gasteiger partial charge on any atom is 0.258 e. The first kappa shape index (κ1) is 15.0. The molecule has 18 heavy (non-hydrogen) atoms. The van der Waals surface area contributed by atoms with Crippen molar-refractivity contribution in [3.63, 3.8) is 0 Å². The van der Waals surface area contributed by atoms with Crippen LogP contribution in [-0.2, 0) is 0 Å². The number of carbonyl (C=O) groups is 1. The van der Waals surface area contributed by atoms with Gasteiger partial charge in [0.1, 0.15) is 17.1 Å². The van der Waals surface area contributed by atoms with Gasteiger partial charge in [-0.1, -0.05) is 28.9 Å². The van der Waals surface area contributed by atoms with E-state index in [-0.39, 0.29) is 11.3 Å². The van der Waals surface area contributed by atoms with Crippen LogP contribution in [0.1, 0.15) is 30.1 Å². The summed E-state index contributed by atoms with van der Waals surface area (Å²) < 4.78 is 13.4. The molecule has 0 aliphatic carbocycles. The Labute approximate surface area is 115 Å². The fraction of sp³-hybridized carbons (Fsp3) is 0.462. The average molecular weight is 318 g/mol. The third kappa shape index (κ3) is 4.29. The zero-order valence-electron chi connectivity index (χ0n) is 10.2. The summed E-state index contributed by atoms with van der Waals surface area (Å²) in [5.74, 6) is -1.07. The highest BCUT2D eigenvalue weighted by Crippen LogP contribution is 2.19. The van der Waals surface area contributed by atoms with E-state index < -0.39 is 11.7 Å². The molecule has 1 aromatic rings. The van der Waals surface area contributed by atoms with Crippen LogP contribution >= 0.6 is 15.9 Å². The number of aromatic hydroxyl groups is 1. The molecule has 1 atom stereocenters. The summed E-state index contributed by atoms with van der Waals surface area (Å²) in [5.41, 5.74) is -0.286. The normalized spacial score (nSPS) is 12.2. The van der Waals surface area contributed by atoms with Crippen LogP contribution in [0.5, 0.6) is 5.75 Å².